The van der Waals surface area contributed by atoms with Crippen LogP contribution in [0.25, 0.3) is 0 Å². The van der Waals surface area contributed by atoms with Crippen LogP contribution in [0, 0.1) is 0 Å². The van der Waals surface area contributed by atoms with E-state index >= 15 is 0 Å². The predicted molar refractivity (Wildman–Crippen MR) is 104 cm³/mol. The molecule has 0 fully saturated rings. The fourth-order valence-electron chi connectivity index (χ4n) is 2.09. The lowest BCUT2D eigenvalue weighted by Crippen LogP contribution is -2.46. The molecule has 0 aliphatic heterocycles. The van der Waals surface area contributed by atoms with Crippen LogP contribution in [0.5, 0.6) is 0 Å². The van der Waals surface area contributed by atoms with Crippen molar-refractivity contribution < 1.29 is 23.9 Å². The smallest absolute Gasteiger partial charge is 0.408 e. The number of esters is 1. The van der Waals surface area contributed by atoms with Crippen molar-refractivity contribution in [3.05, 3.63) is 40.8 Å². The summed E-state index contributed by atoms with van der Waals surface area (Å²) in [5.41, 5.74) is -1.13. The van der Waals surface area contributed by atoms with Crippen LogP contribution in [0.3, 0.4) is 0 Å². The molecule has 28 heavy (non-hydrogen) atoms. The number of pyridine rings is 1. The number of nitrogens with one attached hydrogen (secondary N) is 3. The monoisotopic (exact) mass is 393 g/mol. The van der Waals surface area contributed by atoms with Crippen molar-refractivity contribution in [3.8, 4) is 0 Å². The Kier molecular flexibility index (Phi) is 8.94. The molecule has 1 aromatic heterocycles. The molecule has 1 atom stereocenters. The summed E-state index contributed by atoms with van der Waals surface area (Å²) in [6.45, 7) is 7.07. The summed E-state index contributed by atoms with van der Waals surface area (Å²) in [4.78, 5) is 50.1. The number of aromatic nitrogens is 1. The van der Waals surface area contributed by atoms with Gasteiger partial charge in [-0.15, -0.1) is 0 Å². The van der Waals surface area contributed by atoms with Crippen molar-refractivity contribution in [2.24, 2.45) is 0 Å². The number of aromatic amines is 1. The van der Waals surface area contributed by atoms with Crippen LogP contribution in [0.15, 0.2) is 35.3 Å². The molecule has 1 heterocycles. The number of hydrogen-bond donors (Lipinski definition) is 3. The number of carbonyl (C=O) groups is 3. The third-order valence-corrected chi connectivity index (χ3v) is 3.25. The van der Waals surface area contributed by atoms with E-state index in [9.17, 15) is 19.2 Å². The Morgan fingerprint density at radius 1 is 1.29 bits per heavy atom. The minimum Gasteiger partial charge on any atom is -0.463 e. The van der Waals surface area contributed by atoms with Crippen LogP contribution in [-0.2, 0) is 19.1 Å². The molecule has 0 aliphatic carbocycles. The van der Waals surface area contributed by atoms with Crippen LogP contribution in [-0.4, -0.2) is 41.2 Å². The van der Waals surface area contributed by atoms with Gasteiger partial charge in [-0.05, 0) is 52.7 Å². The molecule has 0 aromatic carbocycles. The maximum atomic E-state index is 12.5. The molecule has 1 rings (SSSR count). The molecule has 3 N–H and O–H groups in total. The number of hydrogen-bond acceptors (Lipinski definition) is 6. The van der Waals surface area contributed by atoms with Gasteiger partial charge in [-0.25, -0.2) is 9.59 Å². The van der Waals surface area contributed by atoms with Crippen LogP contribution in [0.2, 0.25) is 0 Å². The lowest BCUT2D eigenvalue weighted by atomic mass is 10.1. The molecule has 1 aromatic rings. The number of rotatable bonds is 8. The highest BCUT2D eigenvalue weighted by Crippen LogP contribution is 2.09. The Morgan fingerprint density at radius 2 is 2.00 bits per heavy atom. The van der Waals surface area contributed by atoms with E-state index in [0.717, 1.165) is 0 Å². The Balaban J connectivity index is 2.80. The van der Waals surface area contributed by atoms with E-state index in [1.807, 2.05) is 0 Å². The Hall–Kier alpha value is -3.10. The Labute approximate surface area is 163 Å². The van der Waals surface area contributed by atoms with Crippen LogP contribution < -0.4 is 16.2 Å². The summed E-state index contributed by atoms with van der Waals surface area (Å²) in [5, 5.41) is 4.97. The van der Waals surface area contributed by atoms with Crippen molar-refractivity contribution in [2.75, 3.05) is 11.9 Å². The molecule has 2 amide bonds. The van der Waals surface area contributed by atoms with Gasteiger partial charge in [-0.3, -0.25) is 9.59 Å². The minimum atomic E-state index is -0.971. The number of alkyl carbamates (subject to hydrolysis) is 1. The van der Waals surface area contributed by atoms with Gasteiger partial charge < -0.3 is 25.1 Å². The van der Waals surface area contributed by atoms with Gasteiger partial charge in [0.25, 0.3) is 5.56 Å². The van der Waals surface area contributed by atoms with Gasteiger partial charge in [0.15, 0.2) is 0 Å². The molecule has 0 spiro atoms. The molecule has 9 nitrogen and oxygen atoms in total. The standard InChI is InChI=1S/C19H27N3O6/c1-5-27-15(23)11-7-6-9-14(22-18(26)28-19(2,3)4)17(25)21-13-10-8-12-20-16(13)24/h7-8,10-12,14H,5-6,9H2,1-4H3,(H,20,24)(H,21,25)(H,22,26). The van der Waals surface area contributed by atoms with E-state index in [2.05, 4.69) is 15.6 Å². The lowest BCUT2D eigenvalue weighted by Gasteiger charge is -2.23. The molecule has 154 valence electrons. The molecule has 9 heteroatoms. The first-order valence-corrected chi connectivity index (χ1v) is 8.93. The molecule has 0 saturated carbocycles. The minimum absolute atomic E-state index is 0.0607. The van der Waals surface area contributed by atoms with E-state index in [1.54, 1.807) is 39.8 Å². The average Bonchev–Trinajstić information content (AvgIpc) is 2.58. The van der Waals surface area contributed by atoms with Crippen molar-refractivity contribution in [1.82, 2.24) is 10.3 Å². The quantitative estimate of drug-likeness (QED) is 0.459. The van der Waals surface area contributed by atoms with Gasteiger partial charge in [0.1, 0.15) is 17.3 Å². The van der Waals surface area contributed by atoms with Gasteiger partial charge in [-0.2, -0.15) is 0 Å². The maximum Gasteiger partial charge on any atom is 0.408 e. The second kappa shape index (κ2) is 10.9. The molecule has 0 radical (unpaired) electrons. The number of carbonyl (C=O) groups excluding carboxylic acids is 3. The zero-order valence-electron chi connectivity index (χ0n) is 16.5. The van der Waals surface area contributed by atoms with Gasteiger partial charge >= 0.3 is 12.1 Å². The predicted octanol–water partition coefficient (Wildman–Crippen LogP) is 2.11. The number of ether oxygens (including phenoxy) is 2. The molecule has 1 unspecified atom stereocenters. The molecule has 0 aliphatic rings. The highest BCUT2D eigenvalue weighted by atomic mass is 16.6. The number of amides is 2. The third kappa shape index (κ3) is 9.02. The Bertz CT molecular complexity index is 763. The first-order valence-electron chi connectivity index (χ1n) is 8.93. The van der Waals surface area contributed by atoms with E-state index < -0.39 is 35.2 Å². The summed E-state index contributed by atoms with van der Waals surface area (Å²) >= 11 is 0. The maximum absolute atomic E-state index is 12.5. The summed E-state index contributed by atoms with van der Waals surface area (Å²) in [6, 6.07) is 2.04. The topological polar surface area (TPSA) is 127 Å². The number of anilines is 1. The largest absolute Gasteiger partial charge is 0.463 e. The van der Waals surface area contributed by atoms with Crippen molar-refractivity contribution >= 4 is 23.7 Å². The second-order valence-corrected chi connectivity index (χ2v) is 6.83. The van der Waals surface area contributed by atoms with Gasteiger partial charge in [0.05, 0.1) is 6.61 Å². The molecule has 0 bridgehead atoms. The zero-order valence-corrected chi connectivity index (χ0v) is 16.5. The number of H-pyrrole nitrogens is 1. The van der Waals surface area contributed by atoms with E-state index in [-0.39, 0.29) is 18.7 Å². The highest BCUT2D eigenvalue weighted by molar-refractivity contribution is 5.96. The second-order valence-electron chi connectivity index (χ2n) is 6.83. The number of allylic oxidation sites excluding steroid dienone is 1. The normalized spacial score (nSPS) is 12.3. The Morgan fingerprint density at radius 3 is 2.61 bits per heavy atom. The van der Waals surface area contributed by atoms with Crippen LogP contribution >= 0.6 is 0 Å². The highest BCUT2D eigenvalue weighted by Gasteiger charge is 2.24. The van der Waals surface area contributed by atoms with Crippen molar-refractivity contribution in [1.29, 1.82) is 0 Å². The van der Waals surface area contributed by atoms with E-state index in [1.165, 1.54) is 18.3 Å². The first kappa shape index (κ1) is 22.9. The summed E-state index contributed by atoms with van der Waals surface area (Å²) in [6.07, 6.45) is 3.99. The summed E-state index contributed by atoms with van der Waals surface area (Å²) in [5.74, 6) is -1.06. The van der Waals surface area contributed by atoms with Gasteiger partial charge in [0.2, 0.25) is 5.91 Å². The van der Waals surface area contributed by atoms with E-state index in [0.29, 0.717) is 6.42 Å². The van der Waals surface area contributed by atoms with Gasteiger partial charge in [-0.1, -0.05) is 6.08 Å². The molecule has 0 saturated heterocycles. The third-order valence-electron chi connectivity index (χ3n) is 3.25. The molecular weight excluding hydrogens is 366 g/mol. The van der Waals surface area contributed by atoms with Gasteiger partial charge in [0, 0.05) is 12.3 Å². The fraction of sp³-hybridized carbons (Fsp3) is 0.474. The average molecular weight is 393 g/mol. The van der Waals surface area contributed by atoms with Crippen molar-refractivity contribution in [2.45, 2.75) is 52.2 Å². The fourth-order valence-corrected chi connectivity index (χ4v) is 2.09. The van der Waals surface area contributed by atoms with Crippen molar-refractivity contribution in [3.63, 3.8) is 0 Å². The summed E-state index contributed by atoms with van der Waals surface area (Å²) < 4.78 is 9.95. The first-order chi connectivity index (χ1) is 13.1. The lowest BCUT2D eigenvalue weighted by molar-refractivity contribution is -0.137. The van der Waals surface area contributed by atoms with Crippen LogP contribution in [0.4, 0.5) is 10.5 Å². The summed E-state index contributed by atoms with van der Waals surface area (Å²) in [7, 11) is 0. The van der Waals surface area contributed by atoms with Crippen LogP contribution in [0.1, 0.15) is 40.5 Å². The van der Waals surface area contributed by atoms with E-state index in [4.69, 9.17) is 9.47 Å². The SMILES string of the molecule is CCOC(=O)C=CCCC(NC(=O)OC(C)(C)C)C(=O)Nc1ccc[nH]c1=O. The zero-order chi connectivity index (χ0) is 21.2. The molecular formula is C19H27N3O6.